The molecule has 5 nitrogen and oxygen atoms in total. The Morgan fingerprint density at radius 1 is 1.30 bits per heavy atom. The van der Waals surface area contributed by atoms with Gasteiger partial charge in [-0.3, -0.25) is 4.79 Å². The van der Waals surface area contributed by atoms with Gasteiger partial charge in [0.05, 0.1) is 0 Å². The van der Waals surface area contributed by atoms with Gasteiger partial charge < -0.3 is 9.80 Å². The molecule has 0 saturated carbocycles. The second kappa shape index (κ2) is 5.20. The van der Waals surface area contributed by atoms with Crippen LogP contribution in [-0.4, -0.2) is 46.5 Å². The van der Waals surface area contributed by atoms with Gasteiger partial charge in [0.15, 0.2) is 0 Å². The van der Waals surface area contributed by atoms with Crippen molar-refractivity contribution in [1.29, 1.82) is 0 Å². The number of nitrogens with zero attached hydrogens (tertiary/aromatic N) is 4. The van der Waals surface area contributed by atoms with Crippen LogP contribution in [0.25, 0.3) is 0 Å². The standard InChI is InChI=1S/C14H21ClN4O/c1-6-10-16-11(15)9(2)12(17-10)19-8-7-18(5)13(20)14(19,3)4/h6-8H2,1-5H3. The first-order valence-electron chi connectivity index (χ1n) is 6.85. The number of aromatic nitrogens is 2. The quantitative estimate of drug-likeness (QED) is 0.784. The predicted octanol–water partition coefficient (Wildman–Crippen LogP) is 2.06. The minimum atomic E-state index is -0.625. The van der Waals surface area contributed by atoms with Gasteiger partial charge in [0.2, 0.25) is 5.91 Å². The van der Waals surface area contributed by atoms with Crippen LogP contribution >= 0.6 is 11.6 Å². The molecule has 1 aromatic rings. The highest BCUT2D eigenvalue weighted by Crippen LogP contribution is 2.31. The maximum Gasteiger partial charge on any atom is 0.247 e. The van der Waals surface area contributed by atoms with Crippen molar-refractivity contribution in [2.75, 3.05) is 25.0 Å². The van der Waals surface area contributed by atoms with E-state index in [2.05, 4.69) is 9.97 Å². The van der Waals surface area contributed by atoms with E-state index in [4.69, 9.17) is 11.6 Å². The molecule has 2 heterocycles. The number of piperazine rings is 1. The summed E-state index contributed by atoms with van der Waals surface area (Å²) < 4.78 is 0. The monoisotopic (exact) mass is 296 g/mol. The Morgan fingerprint density at radius 3 is 2.55 bits per heavy atom. The average Bonchev–Trinajstić information content (AvgIpc) is 2.40. The van der Waals surface area contributed by atoms with Crippen molar-refractivity contribution in [2.24, 2.45) is 0 Å². The van der Waals surface area contributed by atoms with Crippen LogP contribution in [-0.2, 0) is 11.2 Å². The Kier molecular flexibility index (Phi) is 3.91. The summed E-state index contributed by atoms with van der Waals surface area (Å²) >= 11 is 6.20. The molecule has 0 bridgehead atoms. The van der Waals surface area contributed by atoms with Crippen molar-refractivity contribution < 1.29 is 4.79 Å². The third-order valence-corrected chi connectivity index (χ3v) is 4.25. The minimum absolute atomic E-state index is 0.0935. The van der Waals surface area contributed by atoms with E-state index in [1.54, 1.807) is 4.90 Å². The first-order valence-corrected chi connectivity index (χ1v) is 7.23. The fourth-order valence-corrected chi connectivity index (χ4v) is 2.71. The molecule has 0 spiro atoms. The lowest BCUT2D eigenvalue weighted by molar-refractivity contribution is -0.136. The Morgan fingerprint density at radius 2 is 1.95 bits per heavy atom. The Bertz CT molecular complexity index is 544. The molecule has 1 aromatic heterocycles. The summed E-state index contributed by atoms with van der Waals surface area (Å²) in [4.78, 5) is 25.0. The molecule has 1 saturated heterocycles. The summed E-state index contributed by atoms with van der Waals surface area (Å²) in [5.74, 6) is 1.57. The van der Waals surface area contributed by atoms with E-state index in [0.717, 1.165) is 24.3 Å². The maximum atomic E-state index is 12.4. The van der Waals surface area contributed by atoms with Crippen LogP contribution in [0.3, 0.4) is 0 Å². The topological polar surface area (TPSA) is 49.3 Å². The smallest absolute Gasteiger partial charge is 0.247 e. The molecule has 1 aliphatic heterocycles. The van der Waals surface area contributed by atoms with Crippen LogP contribution in [0.2, 0.25) is 5.15 Å². The number of carbonyl (C=O) groups is 1. The van der Waals surface area contributed by atoms with Crippen molar-refractivity contribution in [3.05, 3.63) is 16.5 Å². The second-order valence-corrected chi connectivity index (χ2v) is 6.03. The molecule has 0 radical (unpaired) electrons. The lowest BCUT2D eigenvalue weighted by Gasteiger charge is -2.46. The fourth-order valence-electron chi connectivity index (χ4n) is 2.53. The predicted molar refractivity (Wildman–Crippen MR) is 80.2 cm³/mol. The van der Waals surface area contributed by atoms with Gasteiger partial charge in [0.1, 0.15) is 22.3 Å². The van der Waals surface area contributed by atoms with Gasteiger partial charge in [0.25, 0.3) is 0 Å². The molecule has 0 N–H and O–H groups in total. The van der Waals surface area contributed by atoms with Crippen LogP contribution in [0.4, 0.5) is 5.82 Å². The highest BCUT2D eigenvalue weighted by atomic mass is 35.5. The van der Waals surface area contributed by atoms with E-state index in [1.807, 2.05) is 39.6 Å². The molecule has 0 unspecified atom stereocenters. The molecule has 0 aliphatic carbocycles. The lowest BCUT2D eigenvalue weighted by Crippen LogP contribution is -2.62. The zero-order chi connectivity index (χ0) is 15.1. The van der Waals surface area contributed by atoms with Gasteiger partial charge >= 0.3 is 0 Å². The van der Waals surface area contributed by atoms with Gasteiger partial charge in [-0.25, -0.2) is 9.97 Å². The Labute approximate surface area is 124 Å². The van der Waals surface area contributed by atoms with E-state index in [0.29, 0.717) is 17.5 Å². The van der Waals surface area contributed by atoms with Crippen molar-refractivity contribution >= 4 is 23.3 Å². The van der Waals surface area contributed by atoms with E-state index in [9.17, 15) is 4.79 Å². The molecule has 20 heavy (non-hydrogen) atoms. The summed E-state index contributed by atoms with van der Waals surface area (Å²) in [5, 5.41) is 0.467. The molecular formula is C14H21ClN4O. The van der Waals surface area contributed by atoms with E-state index < -0.39 is 5.54 Å². The molecule has 0 aromatic carbocycles. The fraction of sp³-hybridized carbons (Fsp3) is 0.643. The van der Waals surface area contributed by atoms with E-state index in [1.165, 1.54) is 0 Å². The number of likely N-dealkylation sites (N-methyl/N-ethyl adjacent to an activating group) is 1. The van der Waals surface area contributed by atoms with Gasteiger partial charge in [-0.2, -0.15) is 0 Å². The third-order valence-electron chi connectivity index (χ3n) is 3.88. The van der Waals surface area contributed by atoms with Gasteiger partial charge in [-0.05, 0) is 20.8 Å². The lowest BCUT2D eigenvalue weighted by atomic mass is 9.97. The summed E-state index contributed by atoms with van der Waals surface area (Å²) in [6.07, 6.45) is 0.717. The van der Waals surface area contributed by atoms with Crippen LogP contribution < -0.4 is 4.90 Å². The van der Waals surface area contributed by atoms with Crippen LogP contribution in [0.15, 0.2) is 0 Å². The minimum Gasteiger partial charge on any atom is -0.342 e. The number of hydrogen-bond donors (Lipinski definition) is 0. The highest BCUT2D eigenvalue weighted by molar-refractivity contribution is 6.30. The summed E-state index contributed by atoms with van der Waals surface area (Å²) in [6, 6.07) is 0. The molecule has 6 heteroatoms. The molecule has 1 fully saturated rings. The van der Waals surface area contributed by atoms with Crippen molar-refractivity contribution in [3.63, 3.8) is 0 Å². The summed E-state index contributed by atoms with van der Waals surface area (Å²) in [7, 11) is 1.83. The molecule has 110 valence electrons. The molecular weight excluding hydrogens is 276 g/mol. The SMILES string of the molecule is CCc1nc(Cl)c(C)c(N2CCN(C)C(=O)C2(C)C)n1. The third kappa shape index (κ3) is 2.35. The van der Waals surface area contributed by atoms with Gasteiger partial charge in [-0.15, -0.1) is 0 Å². The van der Waals surface area contributed by atoms with E-state index in [-0.39, 0.29) is 5.91 Å². The molecule has 0 atom stereocenters. The van der Waals surface area contributed by atoms with Crippen LogP contribution in [0.5, 0.6) is 0 Å². The number of halogens is 1. The van der Waals surface area contributed by atoms with Gasteiger partial charge in [0, 0.05) is 32.1 Å². The first-order chi connectivity index (χ1) is 9.28. The highest BCUT2D eigenvalue weighted by Gasteiger charge is 2.42. The summed E-state index contributed by atoms with van der Waals surface area (Å²) in [5.41, 5.74) is 0.204. The zero-order valence-electron chi connectivity index (χ0n) is 12.7. The van der Waals surface area contributed by atoms with Crippen molar-refractivity contribution in [3.8, 4) is 0 Å². The van der Waals surface area contributed by atoms with E-state index >= 15 is 0 Å². The maximum absolute atomic E-state index is 12.4. The average molecular weight is 297 g/mol. The molecule has 2 rings (SSSR count). The number of carbonyl (C=O) groups excluding carboxylic acids is 1. The van der Waals surface area contributed by atoms with Crippen LogP contribution in [0.1, 0.15) is 32.2 Å². The number of hydrogen-bond acceptors (Lipinski definition) is 4. The first kappa shape index (κ1) is 15.0. The zero-order valence-corrected chi connectivity index (χ0v) is 13.5. The Hall–Kier alpha value is -1.36. The van der Waals surface area contributed by atoms with Crippen LogP contribution in [0, 0.1) is 6.92 Å². The van der Waals surface area contributed by atoms with Crippen molar-refractivity contribution in [1.82, 2.24) is 14.9 Å². The Balaban J connectivity index is 2.50. The number of amides is 1. The number of aryl methyl sites for hydroxylation is 1. The summed E-state index contributed by atoms with van der Waals surface area (Å²) in [6.45, 7) is 9.16. The van der Waals surface area contributed by atoms with Crippen molar-refractivity contribution in [2.45, 2.75) is 39.7 Å². The van der Waals surface area contributed by atoms with Gasteiger partial charge in [-0.1, -0.05) is 18.5 Å². The second-order valence-electron chi connectivity index (χ2n) is 5.67. The number of rotatable bonds is 2. The molecule has 1 aliphatic rings. The molecule has 1 amide bonds. The normalized spacial score (nSPS) is 18.6. The largest absolute Gasteiger partial charge is 0.342 e. The number of anilines is 1.